The average Bonchev–Trinajstić information content (AvgIpc) is 2.45. The third-order valence-corrected chi connectivity index (χ3v) is 4.66. The van der Waals surface area contributed by atoms with E-state index in [0.29, 0.717) is 9.49 Å². The molecule has 1 amide bonds. The van der Waals surface area contributed by atoms with Crippen molar-refractivity contribution in [2.45, 2.75) is 19.8 Å². The van der Waals surface area contributed by atoms with Crippen LogP contribution in [0.3, 0.4) is 0 Å². The second kappa shape index (κ2) is 7.36. The van der Waals surface area contributed by atoms with E-state index in [1.54, 1.807) is 17.0 Å². The Morgan fingerprint density at radius 1 is 1.45 bits per heavy atom. The van der Waals surface area contributed by atoms with Gasteiger partial charge in [0.15, 0.2) is 0 Å². The molecule has 1 aromatic rings. The zero-order valence-electron chi connectivity index (χ0n) is 11.7. The molecule has 1 aromatic carbocycles. The van der Waals surface area contributed by atoms with Gasteiger partial charge in [-0.05, 0) is 66.6 Å². The highest BCUT2D eigenvalue weighted by atomic mass is 127. The van der Waals surface area contributed by atoms with E-state index in [9.17, 15) is 9.18 Å². The first kappa shape index (κ1) is 15.7. The first-order chi connectivity index (χ1) is 9.63. The van der Waals surface area contributed by atoms with Gasteiger partial charge in [-0.1, -0.05) is 13.0 Å². The first-order valence-electron chi connectivity index (χ1n) is 7.07. The van der Waals surface area contributed by atoms with Gasteiger partial charge >= 0.3 is 0 Å². The van der Waals surface area contributed by atoms with Gasteiger partial charge in [0, 0.05) is 16.7 Å². The maximum absolute atomic E-state index is 13.8. The van der Waals surface area contributed by atoms with E-state index in [4.69, 9.17) is 0 Å². The maximum atomic E-state index is 13.8. The molecule has 110 valence electrons. The molecule has 20 heavy (non-hydrogen) atoms. The van der Waals surface area contributed by atoms with Gasteiger partial charge in [-0.3, -0.25) is 4.79 Å². The van der Waals surface area contributed by atoms with E-state index >= 15 is 0 Å². The highest BCUT2D eigenvalue weighted by Crippen LogP contribution is 2.22. The number of carbonyl (C=O) groups excluding carboxylic acids is 1. The number of piperidine rings is 1. The van der Waals surface area contributed by atoms with Gasteiger partial charge in [0.05, 0.1) is 5.56 Å². The van der Waals surface area contributed by atoms with Crippen LogP contribution in [-0.2, 0) is 0 Å². The summed E-state index contributed by atoms with van der Waals surface area (Å²) in [6, 6.07) is 4.76. The van der Waals surface area contributed by atoms with Crippen LogP contribution in [0.2, 0.25) is 0 Å². The predicted molar refractivity (Wildman–Crippen MR) is 86.3 cm³/mol. The van der Waals surface area contributed by atoms with Gasteiger partial charge in [-0.15, -0.1) is 0 Å². The standard InChI is InChI=1S/C15H20FIN2O/c1-2-18-10-11-6-8-19(9-7-11)15(20)14-12(16)4-3-5-13(14)17/h3-5,11,18H,2,6-10H2,1H3. The number of likely N-dealkylation sites (tertiary alicyclic amines) is 1. The van der Waals surface area contributed by atoms with E-state index in [0.717, 1.165) is 39.0 Å². The summed E-state index contributed by atoms with van der Waals surface area (Å²) in [5, 5.41) is 3.35. The summed E-state index contributed by atoms with van der Waals surface area (Å²) in [4.78, 5) is 14.2. The molecule has 0 radical (unpaired) electrons. The van der Waals surface area contributed by atoms with Crippen LogP contribution in [0.4, 0.5) is 4.39 Å². The monoisotopic (exact) mass is 390 g/mol. The zero-order valence-corrected chi connectivity index (χ0v) is 13.8. The lowest BCUT2D eigenvalue weighted by atomic mass is 9.96. The fourth-order valence-electron chi connectivity index (χ4n) is 2.55. The van der Waals surface area contributed by atoms with Crippen molar-refractivity contribution in [2.24, 2.45) is 5.92 Å². The molecule has 5 heteroatoms. The Labute approximate surface area is 133 Å². The number of nitrogens with one attached hydrogen (secondary N) is 1. The van der Waals surface area contributed by atoms with Gasteiger partial charge in [-0.2, -0.15) is 0 Å². The molecule has 1 aliphatic heterocycles. The van der Waals surface area contributed by atoms with Crippen LogP contribution in [0, 0.1) is 15.3 Å². The minimum atomic E-state index is -0.420. The fraction of sp³-hybridized carbons (Fsp3) is 0.533. The van der Waals surface area contributed by atoms with Crippen molar-refractivity contribution >= 4 is 28.5 Å². The number of amides is 1. The van der Waals surface area contributed by atoms with E-state index in [-0.39, 0.29) is 11.5 Å². The molecule has 0 atom stereocenters. The SMILES string of the molecule is CCNCC1CCN(C(=O)c2c(F)cccc2I)CC1. The summed E-state index contributed by atoms with van der Waals surface area (Å²) in [5.74, 6) is 0.0322. The van der Waals surface area contributed by atoms with Gasteiger partial charge in [0.2, 0.25) is 0 Å². The molecule has 1 heterocycles. The molecule has 0 aromatic heterocycles. The quantitative estimate of drug-likeness (QED) is 0.803. The molecule has 1 N–H and O–H groups in total. The number of carbonyl (C=O) groups is 1. The van der Waals surface area contributed by atoms with Gasteiger partial charge in [-0.25, -0.2) is 4.39 Å². The third kappa shape index (κ3) is 3.69. The Morgan fingerprint density at radius 2 is 2.15 bits per heavy atom. The predicted octanol–water partition coefficient (Wildman–Crippen LogP) is 2.89. The summed E-state index contributed by atoms with van der Waals surface area (Å²) in [6.07, 6.45) is 1.98. The molecular formula is C15H20FIN2O. The van der Waals surface area contributed by atoms with Crippen LogP contribution >= 0.6 is 22.6 Å². The number of halogens is 2. The van der Waals surface area contributed by atoms with Crippen molar-refractivity contribution in [3.05, 3.63) is 33.1 Å². The van der Waals surface area contributed by atoms with E-state index in [1.165, 1.54) is 6.07 Å². The Kier molecular flexibility index (Phi) is 5.77. The molecule has 0 saturated carbocycles. The van der Waals surface area contributed by atoms with Gasteiger partial charge in [0.25, 0.3) is 5.91 Å². The number of rotatable bonds is 4. The molecule has 3 nitrogen and oxygen atoms in total. The van der Waals surface area contributed by atoms with Gasteiger partial charge < -0.3 is 10.2 Å². The lowest BCUT2D eigenvalue weighted by Crippen LogP contribution is -2.41. The molecule has 1 aliphatic rings. The lowest BCUT2D eigenvalue weighted by Gasteiger charge is -2.32. The summed E-state index contributed by atoms with van der Waals surface area (Å²) >= 11 is 2.02. The van der Waals surface area contributed by atoms with Crippen molar-refractivity contribution in [3.63, 3.8) is 0 Å². The Hall–Kier alpha value is -0.690. The van der Waals surface area contributed by atoms with Crippen LogP contribution in [0.15, 0.2) is 18.2 Å². The van der Waals surface area contributed by atoms with E-state index in [2.05, 4.69) is 12.2 Å². The van der Waals surface area contributed by atoms with Crippen LogP contribution in [0.25, 0.3) is 0 Å². The van der Waals surface area contributed by atoms with Crippen molar-refractivity contribution in [2.75, 3.05) is 26.2 Å². The second-order valence-corrected chi connectivity index (χ2v) is 6.30. The topological polar surface area (TPSA) is 32.3 Å². The minimum Gasteiger partial charge on any atom is -0.339 e. The molecular weight excluding hydrogens is 370 g/mol. The minimum absolute atomic E-state index is 0.172. The molecule has 2 rings (SSSR count). The third-order valence-electron chi connectivity index (χ3n) is 3.76. The van der Waals surface area contributed by atoms with Gasteiger partial charge in [0.1, 0.15) is 5.82 Å². The molecule has 1 saturated heterocycles. The van der Waals surface area contributed by atoms with Crippen LogP contribution in [-0.4, -0.2) is 37.0 Å². The number of hydrogen-bond donors (Lipinski definition) is 1. The summed E-state index contributed by atoms with van der Waals surface area (Å²) in [5.41, 5.74) is 0.221. The van der Waals surface area contributed by atoms with Crippen molar-refractivity contribution < 1.29 is 9.18 Å². The second-order valence-electron chi connectivity index (χ2n) is 5.14. The lowest BCUT2D eigenvalue weighted by molar-refractivity contribution is 0.0684. The Morgan fingerprint density at radius 3 is 2.75 bits per heavy atom. The van der Waals surface area contributed by atoms with Crippen molar-refractivity contribution in [3.8, 4) is 0 Å². The summed E-state index contributed by atoms with van der Waals surface area (Å²) in [7, 11) is 0. The maximum Gasteiger partial charge on any atom is 0.257 e. The largest absolute Gasteiger partial charge is 0.339 e. The van der Waals surface area contributed by atoms with Crippen molar-refractivity contribution in [1.82, 2.24) is 10.2 Å². The summed E-state index contributed by atoms with van der Waals surface area (Å²) in [6.45, 7) is 5.53. The molecule has 1 fully saturated rings. The number of hydrogen-bond acceptors (Lipinski definition) is 2. The molecule has 0 unspecified atom stereocenters. The fourth-order valence-corrected chi connectivity index (χ4v) is 3.24. The molecule has 0 aliphatic carbocycles. The van der Waals surface area contributed by atoms with Crippen molar-refractivity contribution in [1.29, 1.82) is 0 Å². The molecule has 0 spiro atoms. The Balaban J connectivity index is 1.98. The molecule has 0 bridgehead atoms. The number of benzene rings is 1. The highest BCUT2D eigenvalue weighted by Gasteiger charge is 2.26. The van der Waals surface area contributed by atoms with Crippen LogP contribution in [0.1, 0.15) is 30.1 Å². The highest BCUT2D eigenvalue weighted by molar-refractivity contribution is 14.1. The van der Waals surface area contributed by atoms with E-state index < -0.39 is 5.82 Å². The zero-order chi connectivity index (χ0) is 14.5. The smallest absolute Gasteiger partial charge is 0.257 e. The summed E-state index contributed by atoms with van der Waals surface area (Å²) < 4.78 is 14.5. The average molecular weight is 390 g/mol. The number of nitrogens with zero attached hydrogens (tertiary/aromatic N) is 1. The Bertz CT molecular complexity index is 453. The van der Waals surface area contributed by atoms with Crippen LogP contribution < -0.4 is 5.32 Å². The normalized spacial score (nSPS) is 16.4. The first-order valence-corrected chi connectivity index (χ1v) is 8.15. The van der Waals surface area contributed by atoms with Crippen LogP contribution in [0.5, 0.6) is 0 Å². The van der Waals surface area contributed by atoms with E-state index in [1.807, 2.05) is 22.6 Å².